The van der Waals surface area contributed by atoms with Crippen LogP contribution in [0.5, 0.6) is 0 Å². The van der Waals surface area contributed by atoms with E-state index in [4.69, 9.17) is 21.3 Å². The van der Waals surface area contributed by atoms with Crippen LogP contribution in [0.15, 0.2) is 53.5 Å². The highest BCUT2D eigenvalue weighted by Gasteiger charge is 2.31. The Kier molecular flexibility index (Phi) is 7.14. The van der Waals surface area contributed by atoms with Crippen LogP contribution in [0.1, 0.15) is 50.8 Å². The van der Waals surface area contributed by atoms with E-state index >= 15 is 0 Å². The fraction of sp³-hybridized carbons (Fsp3) is 0.417. The highest BCUT2D eigenvalue weighted by Crippen LogP contribution is 2.36. The molecule has 1 heterocycles. The number of rotatable bonds is 4. The molecule has 4 nitrogen and oxygen atoms in total. The molecule has 6 heteroatoms. The van der Waals surface area contributed by atoms with E-state index in [1.54, 1.807) is 11.8 Å². The Morgan fingerprint density at radius 1 is 1.17 bits per heavy atom. The van der Waals surface area contributed by atoms with Crippen LogP contribution in [0.4, 0.5) is 4.79 Å². The summed E-state index contributed by atoms with van der Waals surface area (Å²) in [7, 11) is 0. The third-order valence-electron chi connectivity index (χ3n) is 4.95. The molecule has 0 radical (unpaired) electrons. The Bertz CT molecular complexity index is 922. The topological polar surface area (TPSA) is 50.7 Å². The molecule has 3 rings (SSSR count). The molecular formula is C24H29ClN2O2S. The molecule has 1 amide bonds. The average Bonchev–Trinajstić information content (AvgIpc) is 2.66. The lowest BCUT2D eigenvalue weighted by Crippen LogP contribution is -2.38. The van der Waals surface area contributed by atoms with Gasteiger partial charge in [-0.3, -0.25) is 10.3 Å². The van der Waals surface area contributed by atoms with Gasteiger partial charge in [0.25, 0.3) is 0 Å². The summed E-state index contributed by atoms with van der Waals surface area (Å²) in [5.41, 5.74) is 2.81. The van der Waals surface area contributed by atoms with Crippen LogP contribution in [0, 0.1) is 0 Å². The molecular weight excluding hydrogens is 416 g/mol. The van der Waals surface area contributed by atoms with Gasteiger partial charge in [-0.25, -0.2) is 4.79 Å². The Morgan fingerprint density at radius 2 is 1.87 bits per heavy atom. The van der Waals surface area contributed by atoms with Crippen LogP contribution in [0.2, 0.25) is 5.02 Å². The zero-order valence-electron chi connectivity index (χ0n) is 18.0. The standard InChI is InChI=1S/C24H29ClN2O2S/c1-23(2,3)29-22(28)26-21-27-24(4,14-15-30-21)19-7-5-6-18(16-19)9-8-17-10-12-20(25)13-11-17/h5-7,10-13,16H,8-9,14-15H2,1-4H3,(H,26,27,28). The average molecular weight is 445 g/mol. The highest BCUT2D eigenvalue weighted by atomic mass is 35.5. The van der Waals surface area contributed by atoms with Gasteiger partial charge in [-0.1, -0.05) is 59.8 Å². The molecule has 1 N–H and O–H groups in total. The molecule has 0 saturated carbocycles. The summed E-state index contributed by atoms with van der Waals surface area (Å²) in [4.78, 5) is 17.0. The van der Waals surface area contributed by atoms with Crippen molar-refractivity contribution in [2.75, 3.05) is 5.75 Å². The molecule has 2 aromatic rings. The van der Waals surface area contributed by atoms with Gasteiger partial charge in [0, 0.05) is 10.8 Å². The summed E-state index contributed by atoms with van der Waals surface area (Å²) in [6.45, 7) is 7.67. The molecule has 0 spiro atoms. The predicted octanol–water partition coefficient (Wildman–Crippen LogP) is 6.36. The minimum absolute atomic E-state index is 0.369. The number of aliphatic imine (C=N–C) groups is 1. The molecule has 0 bridgehead atoms. The van der Waals surface area contributed by atoms with Crippen molar-refractivity contribution in [2.45, 2.75) is 58.1 Å². The summed E-state index contributed by atoms with van der Waals surface area (Å²) in [5.74, 6) is 0.889. The zero-order chi connectivity index (χ0) is 21.8. The maximum atomic E-state index is 12.1. The molecule has 1 atom stereocenters. The quantitative estimate of drug-likeness (QED) is 0.597. The Morgan fingerprint density at radius 3 is 2.57 bits per heavy atom. The Labute approximate surface area is 188 Å². The monoisotopic (exact) mass is 444 g/mol. The van der Waals surface area contributed by atoms with Crippen molar-refractivity contribution in [3.05, 3.63) is 70.2 Å². The predicted molar refractivity (Wildman–Crippen MR) is 127 cm³/mol. The van der Waals surface area contributed by atoms with Gasteiger partial charge in [0.1, 0.15) is 5.60 Å². The van der Waals surface area contributed by atoms with Gasteiger partial charge in [0.15, 0.2) is 5.17 Å². The van der Waals surface area contributed by atoms with E-state index in [0.717, 1.165) is 30.0 Å². The van der Waals surface area contributed by atoms with Gasteiger partial charge < -0.3 is 4.74 Å². The number of nitrogens with zero attached hydrogens (tertiary/aromatic N) is 1. The Hall–Kier alpha value is -1.98. The van der Waals surface area contributed by atoms with Crippen molar-refractivity contribution >= 4 is 34.6 Å². The van der Waals surface area contributed by atoms with E-state index in [0.29, 0.717) is 5.17 Å². The van der Waals surface area contributed by atoms with Crippen molar-refractivity contribution in [1.29, 1.82) is 0 Å². The normalized spacial score (nSPS) is 19.2. The fourth-order valence-electron chi connectivity index (χ4n) is 3.32. The van der Waals surface area contributed by atoms with Crippen molar-refractivity contribution in [1.82, 2.24) is 5.32 Å². The molecule has 1 aliphatic heterocycles. The van der Waals surface area contributed by atoms with Crippen LogP contribution in [-0.2, 0) is 23.1 Å². The SMILES string of the molecule is CC(C)(C)OC(=O)NC1=NC(C)(c2cccc(CCc3ccc(Cl)cc3)c2)CCS1. The molecule has 0 aromatic heterocycles. The highest BCUT2D eigenvalue weighted by molar-refractivity contribution is 8.13. The van der Waals surface area contributed by atoms with Crippen molar-refractivity contribution < 1.29 is 9.53 Å². The maximum Gasteiger partial charge on any atom is 0.413 e. The zero-order valence-corrected chi connectivity index (χ0v) is 19.6. The summed E-state index contributed by atoms with van der Waals surface area (Å²) in [6.07, 6.45) is 2.36. The first kappa shape index (κ1) is 22.7. The summed E-state index contributed by atoms with van der Waals surface area (Å²) in [5, 5.41) is 4.18. The second-order valence-corrected chi connectivity index (χ2v) is 10.3. The number of halogens is 1. The fourth-order valence-corrected chi connectivity index (χ4v) is 4.56. The molecule has 30 heavy (non-hydrogen) atoms. The Balaban J connectivity index is 1.71. The number of ether oxygens (including phenoxy) is 1. The number of aryl methyl sites for hydroxylation is 2. The third-order valence-corrected chi connectivity index (χ3v) is 6.08. The van der Waals surface area contributed by atoms with E-state index in [9.17, 15) is 4.79 Å². The molecule has 0 aliphatic carbocycles. The first-order chi connectivity index (χ1) is 14.1. The lowest BCUT2D eigenvalue weighted by molar-refractivity contribution is 0.0564. The number of carbonyl (C=O) groups is 1. The second kappa shape index (κ2) is 9.44. The number of alkyl carbamates (subject to hydrolysis) is 1. The van der Waals surface area contributed by atoms with Crippen LogP contribution in [0.3, 0.4) is 0 Å². The van der Waals surface area contributed by atoms with E-state index in [1.165, 1.54) is 16.7 Å². The minimum Gasteiger partial charge on any atom is -0.444 e. The van der Waals surface area contributed by atoms with Gasteiger partial charge in [0.05, 0.1) is 5.54 Å². The molecule has 0 fully saturated rings. The lowest BCUT2D eigenvalue weighted by Gasteiger charge is -2.31. The van der Waals surface area contributed by atoms with Gasteiger partial charge in [-0.05, 0) is 75.8 Å². The van der Waals surface area contributed by atoms with Crippen LogP contribution in [-0.4, -0.2) is 22.6 Å². The number of benzene rings is 2. The van der Waals surface area contributed by atoms with Crippen molar-refractivity contribution in [2.24, 2.45) is 4.99 Å². The summed E-state index contributed by atoms with van der Waals surface area (Å²) >= 11 is 7.53. The summed E-state index contributed by atoms with van der Waals surface area (Å²) < 4.78 is 5.36. The molecule has 1 unspecified atom stereocenters. The largest absolute Gasteiger partial charge is 0.444 e. The molecule has 160 valence electrons. The van der Waals surface area contributed by atoms with E-state index < -0.39 is 11.7 Å². The third kappa shape index (κ3) is 6.51. The first-order valence-corrected chi connectivity index (χ1v) is 11.6. The number of amides is 1. The molecule has 0 saturated heterocycles. The van der Waals surface area contributed by atoms with E-state index in [-0.39, 0.29) is 5.54 Å². The van der Waals surface area contributed by atoms with Gasteiger partial charge in [0.2, 0.25) is 0 Å². The van der Waals surface area contributed by atoms with Crippen molar-refractivity contribution in [3.8, 4) is 0 Å². The number of thioether (sulfide) groups is 1. The first-order valence-electron chi connectivity index (χ1n) is 10.2. The molecule has 2 aromatic carbocycles. The lowest BCUT2D eigenvalue weighted by atomic mass is 9.88. The van der Waals surface area contributed by atoms with Crippen molar-refractivity contribution in [3.63, 3.8) is 0 Å². The number of nitrogens with one attached hydrogen (secondary N) is 1. The molecule has 1 aliphatic rings. The van der Waals surface area contributed by atoms with Gasteiger partial charge in [-0.2, -0.15) is 0 Å². The van der Waals surface area contributed by atoms with Gasteiger partial charge in [-0.15, -0.1) is 0 Å². The van der Waals surface area contributed by atoms with Crippen LogP contribution < -0.4 is 5.32 Å². The number of hydrogen-bond donors (Lipinski definition) is 1. The van der Waals surface area contributed by atoms with Gasteiger partial charge >= 0.3 is 6.09 Å². The van der Waals surface area contributed by atoms with E-state index in [2.05, 4.69) is 48.6 Å². The smallest absolute Gasteiger partial charge is 0.413 e. The second-order valence-electron chi connectivity index (χ2n) is 8.74. The number of amidine groups is 1. The summed E-state index contributed by atoms with van der Waals surface area (Å²) in [6, 6.07) is 16.6. The van der Waals surface area contributed by atoms with E-state index in [1.807, 2.05) is 32.9 Å². The number of carbonyl (C=O) groups excluding carboxylic acids is 1. The minimum atomic E-state index is -0.536. The number of hydrogen-bond acceptors (Lipinski definition) is 4. The van der Waals surface area contributed by atoms with Crippen LogP contribution in [0.25, 0.3) is 0 Å². The van der Waals surface area contributed by atoms with Crippen LogP contribution >= 0.6 is 23.4 Å². The maximum absolute atomic E-state index is 12.1.